The summed E-state index contributed by atoms with van der Waals surface area (Å²) in [6, 6.07) is 8.19. The Morgan fingerprint density at radius 1 is 1.29 bits per heavy atom. The van der Waals surface area contributed by atoms with Gasteiger partial charge in [-0.2, -0.15) is 0 Å². The molecular formula is C12H15IN4. The summed E-state index contributed by atoms with van der Waals surface area (Å²) in [5.74, 6) is 0. The highest BCUT2D eigenvalue weighted by atomic mass is 127. The molecule has 0 unspecified atom stereocenters. The molecule has 4 nitrogen and oxygen atoms in total. The fraction of sp³-hybridized carbons (Fsp3) is 0.333. The number of halogens is 1. The second-order valence-corrected chi connectivity index (χ2v) is 5.13. The van der Waals surface area contributed by atoms with Gasteiger partial charge in [-0.05, 0) is 66.6 Å². The van der Waals surface area contributed by atoms with Gasteiger partial charge in [0.05, 0.1) is 17.6 Å². The zero-order valence-corrected chi connectivity index (χ0v) is 11.7. The Morgan fingerprint density at radius 2 is 2.18 bits per heavy atom. The van der Waals surface area contributed by atoms with Crippen molar-refractivity contribution in [1.29, 1.82) is 0 Å². The smallest absolute Gasteiger partial charge is 0.0831 e. The summed E-state index contributed by atoms with van der Waals surface area (Å²) in [7, 11) is 0. The van der Waals surface area contributed by atoms with E-state index in [-0.39, 0.29) is 0 Å². The van der Waals surface area contributed by atoms with Gasteiger partial charge < -0.3 is 5.73 Å². The van der Waals surface area contributed by atoms with Crippen LogP contribution in [0.2, 0.25) is 0 Å². The van der Waals surface area contributed by atoms with Crippen LogP contribution in [0.5, 0.6) is 0 Å². The van der Waals surface area contributed by atoms with E-state index in [1.165, 1.54) is 3.57 Å². The third kappa shape index (κ3) is 3.50. The fourth-order valence-electron chi connectivity index (χ4n) is 1.61. The average Bonchev–Trinajstić information content (AvgIpc) is 2.78. The average molecular weight is 342 g/mol. The molecular weight excluding hydrogens is 327 g/mol. The molecule has 17 heavy (non-hydrogen) atoms. The normalized spacial score (nSPS) is 10.7. The zero-order valence-electron chi connectivity index (χ0n) is 9.51. The maximum absolute atomic E-state index is 5.46. The number of rotatable bonds is 5. The first-order valence-electron chi connectivity index (χ1n) is 5.67. The van der Waals surface area contributed by atoms with Crippen molar-refractivity contribution in [2.75, 3.05) is 6.54 Å². The van der Waals surface area contributed by atoms with Gasteiger partial charge in [-0.3, -0.25) is 0 Å². The minimum Gasteiger partial charge on any atom is -0.330 e. The quantitative estimate of drug-likeness (QED) is 0.669. The Morgan fingerprint density at radius 3 is 2.94 bits per heavy atom. The van der Waals surface area contributed by atoms with E-state index in [1.807, 2.05) is 23.0 Å². The van der Waals surface area contributed by atoms with Crippen molar-refractivity contribution in [1.82, 2.24) is 15.0 Å². The molecule has 1 aromatic heterocycles. The minimum absolute atomic E-state index is 0.741. The lowest BCUT2D eigenvalue weighted by Gasteiger charge is -1.99. The van der Waals surface area contributed by atoms with Crippen LogP contribution in [0, 0.1) is 3.57 Å². The summed E-state index contributed by atoms with van der Waals surface area (Å²) in [6.45, 7) is 0.741. The SMILES string of the molecule is NCCCCc1cn(-c2cccc(I)c2)nn1. The molecule has 2 rings (SSSR count). The van der Waals surface area contributed by atoms with Gasteiger partial charge in [0.15, 0.2) is 0 Å². The molecule has 0 atom stereocenters. The Labute approximate surface area is 114 Å². The number of nitrogens with zero attached hydrogens (tertiary/aromatic N) is 3. The van der Waals surface area contributed by atoms with Gasteiger partial charge >= 0.3 is 0 Å². The second kappa shape index (κ2) is 6.11. The Kier molecular flexibility index (Phi) is 4.49. The van der Waals surface area contributed by atoms with Crippen LogP contribution in [0.4, 0.5) is 0 Å². The van der Waals surface area contributed by atoms with E-state index < -0.39 is 0 Å². The van der Waals surface area contributed by atoms with Crippen LogP contribution in [0.3, 0.4) is 0 Å². The van der Waals surface area contributed by atoms with E-state index in [4.69, 9.17) is 5.73 Å². The zero-order chi connectivity index (χ0) is 12.1. The Bertz CT molecular complexity index is 481. The number of benzene rings is 1. The molecule has 5 heteroatoms. The molecule has 0 aliphatic rings. The maximum atomic E-state index is 5.46. The van der Waals surface area contributed by atoms with Crippen LogP contribution in [-0.2, 0) is 6.42 Å². The monoisotopic (exact) mass is 342 g/mol. The molecule has 0 spiro atoms. The van der Waals surface area contributed by atoms with Gasteiger partial charge in [0.2, 0.25) is 0 Å². The highest BCUT2D eigenvalue weighted by Crippen LogP contribution is 2.12. The number of hydrogen-bond acceptors (Lipinski definition) is 3. The van der Waals surface area contributed by atoms with Gasteiger partial charge in [0.1, 0.15) is 0 Å². The molecule has 1 aromatic carbocycles. The highest BCUT2D eigenvalue weighted by Gasteiger charge is 2.02. The lowest BCUT2D eigenvalue weighted by Crippen LogP contribution is -1.99. The number of aromatic nitrogens is 3. The van der Waals surface area contributed by atoms with E-state index in [2.05, 4.69) is 45.0 Å². The first kappa shape index (κ1) is 12.5. The molecule has 2 N–H and O–H groups in total. The van der Waals surface area contributed by atoms with Crippen molar-refractivity contribution in [2.24, 2.45) is 5.73 Å². The number of unbranched alkanes of at least 4 members (excludes halogenated alkanes) is 1. The van der Waals surface area contributed by atoms with Gasteiger partial charge in [-0.15, -0.1) is 5.10 Å². The molecule has 0 amide bonds. The largest absolute Gasteiger partial charge is 0.330 e. The molecule has 0 saturated carbocycles. The number of hydrogen-bond donors (Lipinski definition) is 1. The minimum atomic E-state index is 0.741. The van der Waals surface area contributed by atoms with Crippen molar-refractivity contribution in [3.8, 4) is 5.69 Å². The van der Waals surface area contributed by atoms with Crippen LogP contribution in [0.15, 0.2) is 30.5 Å². The van der Waals surface area contributed by atoms with Crippen LogP contribution in [-0.4, -0.2) is 21.5 Å². The Balaban J connectivity index is 2.07. The lowest BCUT2D eigenvalue weighted by atomic mass is 10.2. The maximum Gasteiger partial charge on any atom is 0.0831 e. The topological polar surface area (TPSA) is 56.7 Å². The first-order valence-corrected chi connectivity index (χ1v) is 6.74. The Hall–Kier alpha value is -0.950. The first-order chi connectivity index (χ1) is 8.29. The van der Waals surface area contributed by atoms with Gasteiger partial charge in [0, 0.05) is 3.57 Å². The van der Waals surface area contributed by atoms with Crippen LogP contribution in [0.25, 0.3) is 5.69 Å². The standard InChI is InChI=1S/C12H15IN4/c13-10-4-3-6-12(8-10)17-9-11(15-16-17)5-1-2-7-14/h3-4,6,8-9H,1-2,5,7,14H2. The molecule has 0 radical (unpaired) electrons. The predicted octanol–water partition coefficient (Wildman–Crippen LogP) is 2.15. The van der Waals surface area contributed by atoms with Crippen LogP contribution < -0.4 is 5.73 Å². The van der Waals surface area contributed by atoms with E-state index in [0.29, 0.717) is 0 Å². The molecule has 90 valence electrons. The van der Waals surface area contributed by atoms with Crippen LogP contribution in [0.1, 0.15) is 18.5 Å². The van der Waals surface area contributed by atoms with E-state index >= 15 is 0 Å². The summed E-state index contributed by atoms with van der Waals surface area (Å²) in [4.78, 5) is 0. The van der Waals surface area contributed by atoms with Gasteiger partial charge in [-0.25, -0.2) is 4.68 Å². The second-order valence-electron chi connectivity index (χ2n) is 3.88. The van der Waals surface area contributed by atoms with E-state index in [1.54, 1.807) is 0 Å². The van der Waals surface area contributed by atoms with Gasteiger partial charge in [0.25, 0.3) is 0 Å². The lowest BCUT2D eigenvalue weighted by molar-refractivity contribution is 0.727. The van der Waals surface area contributed by atoms with Crippen molar-refractivity contribution in [3.63, 3.8) is 0 Å². The summed E-state index contributed by atoms with van der Waals surface area (Å²) in [5, 5.41) is 8.30. The van der Waals surface area contributed by atoms with E-state index in [0.717, 1.165) is 37.2 Å². The predicted molar refractivity (Wildman–Crippen MR) is 76.1 cm³/mol. The molecule has 0 aliphatic heterocycles. The molecule has 2 aromatic rings. The van der Waals surface area contributed by atoms with E-state index in [9.17, 15) is 0 Å². The molecule has 1 heterocycles. The third-order valence-electron chi connectivity index (χ3n) is 2.50. The third-order valence-corrected chi connectivity index (χ3v) is 3.17. The van der Waals surface area contributed by atoms with Crippen molar-refractivity contribution >= 4 is 22.6 Å². The van der Waals surface area contributed by atoms with Crippen LogP contribution >= 0.6 is 22.6 Å². The number of aryl methyl sites for hydroxylation is 1. The summed E-state index contributed by atoms with van der Waals surface area (Å²) >= 11 is 2.29. The van der Waals surface area contributed by atoms with Crippen molar-refractivity contribution < 1.29 is 0 Å². The highest BCUT2D eigenvalue weighted by molar-refractivity contribution is 14.1. The van der Waals surface area contributed by atoms with Crippen molar-refractivity contribution in [3.05, 3.63) is 39.7 Å². The molecule has 0 bridgehead atoms. The summed E-state index contributed by atoms with van der Waals surface area (Å²) in [6.07, 6.45) is 5.04. The summed E-state index contributed by atoms with van der Waals surface area (Å²) < 4.78 is 3.01. The van der Waals surface area contributed by atoms with Gasteiger partial charge in [-0.1, -0.05) is 11.3 Å². The van der Waals surface area contributed by atoms with Crippen molar-refractivity contribution in [2.45, 2.75) is 19.3 Å². The molecule has 0 aliphatic carbocycles. The molecule has 0 fully saturated rings. The number of nitrogens with two attached hydrogens (primary N) is 1. The fourth-order valence-corrected chi connectivity index (χ4v) is 2.13. The summed E-state index contributed by atoms with van der Waals surface area (Å²) in [5.41, 5.74) is 7.54. The molecule has 0 saturated heterocycles.